The zero-order valence-corrected chi connectivity index (χ0v) is 12.7. The molecular weight excluding hydrogens is 250 g/mol. The first-order valence-electron chi connectivity index (χ1n) is 7.64. The lowest BCUT2D eigenvalue weighted by Gasteiger charge is -2.14. The highest BCUT2D eigenvalue weighted by atomic mass is 16.3. The van der Waals surface area contributed by atoms with Crippen LogP contribution < -0.4 is 5.32 Å². The molecule has 2 N–H and O–H groups in total. The van der Waals surface area contributed by atoms with Crippen molar-refractivity contribution in [1.82, 2.24) is 5.32 Å². The van der Waals surface area contributed by atoms with Gasteiger partial charge >= 0.3 is 0 Å². The van der Waals surface area contributed by atoms with Crippen LogP contribution in [0.3, 0.4) is 0 Å². The molecule has 1 rings (SSSR count). The number of benzene rings is 1. The van der Waals surface area contributed by atoms with Crippen LogP contribution >= 0.6 is 0 Å². The number of amides is 1. The van der Waals surface area contributed by atoms with Gasteiger partial charge < -0.3 is 10.4 Å². The number of carbonyl (C=O) groups is 1. The molecule has 0 aliphatic rings. The number of aliphatic hydroxyl groups is 1. The van der Waals surface area contributed by atoms with Crippen molar-refractivity contribution in [3.8, 4) is 0 Å². The minimum Gasteiger partial charge on any atom is -0.396 e. The van der Waals surface area contributed by atoms with Crippen LogP contribution in [-0.4, -0.2) is 24.2 Å². The fourth-order valence-electron chi connectivity index (χ4n) is 2.18. The lowest BCUT2D eigenvalue weighted by molar-refractivity contribution is -0.121. The Hall–Kier alpha value is -1.35. The predicted octanol–water partition coefficient (Wildman–Crippen LogP) is 2.71. The molecule has 0 bridgehead atoms. The first-order chi connectivity index (χ1) is 9.69. The highest BCUT2D eigenvalue weighted by molar-refractivity contribution is 5.76. The van der Waals surface area contributed by atoms with Gasteiger partial charge in [-0.25, -0.2) is 0 Å². The number of aryl methyl sites for hydroxylation is 2. The fraction of sp³-hybridized carbons (Fsp3) is 0.588. The quantitative estimate of drug-likeness (QED) is 0.729. The molecule has 0 saturated heterocycles. The Balaban J connectivity index is 2.28. The van der Waals surface area contributed by atoms with Crippen molar-refractivity contribution in [3.63, 3.8) is 0 Å². The van der Waals surface area contributed by atoms with Crippen LogP contribution in [0.2, 0.25) is 0 Å². The van der Waals surface area contributed by atoms with Crippen molar-refractivity contribution >= 4 is 5.91 Å². The van der Waals surface area contributed by atoms with Gasteiger partial charge in [0.1, 0.15) is 0 Å². The third-order valence-corrected chi connectivity index (χ3v) is 3.77. The molecule has 0 heterocycles. The number of rotatable bonds is 9. The number of nitrogens with one attached hydrogen (secondary N) is 1. The first-order valence-corrected chi connectivity index (χ1v) is 7.64. The van der Waals surface area contributed by atoms with E-state index in [0.717, 1.165) is 25.7 Å². The lowest BCUT2D eigenvalue weighted by Crippen LogP contribution is -2.29. The summed E-state index contributed by atoms with van der Waals surface area (Å²) in [5.74, 6) is 0.480. The van der Waals surface area contributed by atoms with Crippen LogP contribution in [-0.2, 0) is 17.6 Å². The van der Waals surface area contributed by atoms with Gasteiger partial charge in [-0.05, 0) is 36.3 Å². The van der Waals surface area contributed by atoms with E-state index in [2.05, 4.69) is 43.4 Å². The fourth-order valence-corrected chi connectivity index (χ4v) is 2.18. The van der Waals surface area contributed by atoms with Gasteiger partial charge in [0.2, 0.25) is 5.91 Å². The van der Waals surface area contributed by atoms with E-state index in [-0.39, 0.29) is 12.5 Å². The molecule has 0 aliphatic heterocycles. The molecule has 0 aromatic heterocycles. The Labute approximate surface area is 122 Å². The van der Waals surface area contributed by atoms with Gasteiger partial charge in [-0.1, -0.05) is 44.5 Å². The summed E-state index contributed by atoms with van der Waals surface area (Å²) < 4.78 is 0. The number of hydrogen-bond donors (Lipinski definition) is 2. The molecular formula is C17H27NO2. The Morgan fingerprint density at radius 2 is 1.85 bits per heavy atom. The molecule has 1 aromatic rings. The molecule has 3 nitrogen and oxygen atoms in total. The molecule has 20 heavy (non-hydrogen) atoms. The Kier molecular flexibility index (Phi) is 7.97. The maximum atomic E-state index is 11.8. The van der Waals surface area contributed by atoms with E-state index in [1.165, 1.54) is 11.1 Å². The van der Waals surface area contributed by atoms with E-state index >= 15 is 0 Å². The number of aliphatic hydroxyl groups excluding tert-OH is 1. The molecule has 0 aliphatic carbocycles. The van der Waals surface area contributed by atoms with Gasteiger partial charge in [0.05, 0.1) is 0 Å². The van der Waals surface area contributed by atoms with Crippen molar-refractivity contribution in [2.75, 3.05) is 13.2 Å². The molecule has 1 amide bonds. The Morgan fingerprint density at radius 1 is 1.20 bits per heavy atom. The second kappa shape index (κ2) is 9.54. The van der Waals surface area contributed by atoms with Crippen molar-refractivity contribution in [3.05, 3.63) is 35.4 Å². The summed E-state index contributed by atoms with van der Waals surface area (Å²) in [6, 6.07) is 8.46. The second-order valence-corrected chi connectivity index (χ2v) is 5.26. The van der Waals surface area contributed by atoms with Crippen LogP contribution in [0.15, 0.2) is 24.3 Å². The molecule has 0 spiro atoms. The van der Waals surface area contributed by atoms with Gasteiger partial charge in [0, 0.05) is 19.6 Å². The minimum atomic E-state index is 0.0981. The van der Waals surface area contributed by atoms with Gasteiger partial charge in [-0.2, -0.15) is 0 Å². The highest BCUT2D eigenvalue weighted by Crippen LogP contribution is 2.08. The van der Waals surface area contributed by atoms with Crippen LogP contribution in [0.25, 0.3) is 0 Å². The van der Waals surface area contributed by atoms with E-state index in [1.807, 2.05) is 0 Å². The molecule has 1 aromatic carbocycles. The molecule has 1 unspecified atom stereocenters. The number of carbonyl (C=O) groups excluding carboxylic acids is 1. The summed E-state index contributed by atoms with van der Waals surface area (Å²) in [6.07, 6.45) is 4.10. The van der Waals surface area contributed by atoms with Gasteiger partial charge in [0.25, 0.3) is 0 Å². The van der Waals surface area contributed by atoms with Crippen LogP contribution in [0.4, 0.5) is 0 Å². The zero-order chi connectivity index (χ0) is 14.8. The average molecular weight is 277 g/mol. The standard InChI is InChI=1S/C17H27NO2/c1-3-14-5-7-16(8-6-14)9-10-17(20)18-13-15(4-2)11-12-19/h5-8,15,19H,3-4,9-13H2,1-2H3,(H,18,20). The average Bonchev–Trinajstić information content (AvgIpc) is 2.49. The Morgan fingerprint density at radius 3 is 2.40 bits per heavy atom. The van der Waals surface area contributed by atoms with Crippen LogP contribution in [0.1, 0.15) is 44.2 Å². The molecule has 0 fully saturated rings. The van der Waals surface area contributed by atoms with E-state index in [4.69, 9.17) is 5.11 Å². The molecule has 1 atom stereocenters. The maximum Gasteiger partial charge on any atom is 0.220 e. The lowest BCUT2D eigenvalue weighted by atomic mass is 10.0. The zero-order valence-electron chi connectivity index (χ0n) is 12.7. The van der Waals surface area contributed by atoms with E-state index in [9.17, 15) is 4.79 Å². The normalized spacial score (nSPS) is 12.2. The highest BCUT2D eigenvalue weighted by Gasteiger charge is 2.08. The van der Waals surface area contributed by atoms with Gasteiger partial charge in [-0.15, -0.1) is 0 Å². The Bertz CT molecular complexity index is 386. The summed E-state index contributed by atoms with van der Waals surface area (Å²) in [5, 5.41) is 11.9. The van der Waals surface area contributed by atoms with Crippen molar-refractivity contribution < 1.29 is 9.90 Å². The minimum absolute atomic E-state index is 0.0981. The largest absolute Gasteiger partial charge is 0.396 e. The van der Waals surface area contributed by atoms with Crippen molar-refractivity contribution in [2.45, 2.75) is 46.0 Å². The van der Waals surface area contributed by atoms with Gasteiger partial charge in [-0.3, -0.25) is 4.79 Å². The smallest absolute Gasteiger partial charge is 0.220 e. The monoisotopic (exact) mass is 277 g/mol. The molecule has 112 valence electrons. The third-order valence-electron chi connectivity index (χ3n) is 3.77. The SMILES string of the molecule is CCc1ccc(CCC(=O)NCC(CC)CCO)cc1. The number of hydrogen-bond acceptors (Lipinski definition) is 2. The van der Waals surface area contributed by atoms with Gasteiger partial charge in [0.15, 0.2) is 0 Å². The van der Waals surface area contributed by atoms with Crippen LogP contribution in [0.5, 0.6) is 0 Å². The summed E-state index contributed by atoms with van der Waals surface area (Å²) in [5.41, 5.74) is 2.53. The van der Waals surface area contributed by atoms with Crippen LogP contribution in [0, 0.1) is 5.92 Å². The topological polar surface area (TPSA) is 49.3 Å². The van der Waals surface area contributed by atoms with E-state index in [0.29, 0.717) is 18.9 Å². The van der Waals surface area contributed by atoms with E-state index in [1.54, 1.807) is 0 Å². The third kappa shape index (κ3) is 6.20. The summed E-state index contributed by atoms with van der Waals surface area (Å²) >= 11 is 0. The molecule has 3 heteroatoms. The maximum absolute atomic E-state index is 11.8. The van der Waals surface area contributed by atoms with Crippen molar-refractivity contribution in [1.29, 1.82) is 0 Å². The summed E-state index contributed by atoms with van der Waals surface area (Å²) in [4.78, 5) is 11.8. The first kappa shape index (κ1) is 16.7. The summed E-state index contributed by atoms with van der Waals surface area (Å²) in [6.45, 7) is 5.09. The predicted molar refractivity (Wildman–Crippen MR) is 82.6 cm³/mol. The van der Waals surface area contributed by atoms with E-state index < -0.39 is 0 Å². The summed E-state index contributed by atoms with van der Waals surface area (Å²) in [7, 11) is 0. The second-order valence-electron chi connectivity index (χ2n) is 5.26. The molecule has 0 saturated carbocycles. The molecule has 0 radical (unpaired) electrons. The van der Waals surface area contributed by atoms with Crippen molar-refractivity contribution in [2.24, 2.45) is 5.92 Å².